The average Bonchev–Trinajstić information content (AvgIpc) is 3.40. The van der Waals surface area contributed by atoms with Gasteiger partial charge in [-0.3, -0.25) is 33.3 Å². The highest BCUT2D eigenvalue weighted by Gasteiger charge is 2.40. The maximum absolute atomic E-state index is 13.7. The van der Waals surface area contributed by atoms with Crippen molar-refractivity contribution in [3.8, 4) is 0 Å². The summed E-state index contributed by atoms with van der Waals surface area (Å²) in [6.07, 6.45) is -0.629. The Hall–Kier alpha value is -2.47. The number of aliphatic carboxylic acids is 1. The highest BCUT2D eigenvalue weighted by Crippen LogP contribution is 2.38. The van der Waals surface area contributed by atoms with Crippen LogP contribution in [0.15, 0.2) is 0 Å². The lowest BCUT2D eigenvalue weighted by atomic mass is 9.87. The Morgan fingerprint density at radius 1 is 0.891 bits per heavy atom. The number of ketones is 3. The van der Waals surface area contributed by atoms with E-state index in [0.29, 0.717) is 32.2 Å². The molecule has 0 aromatic heterocycles. The van der Waals surface area contributed by atoms with Crippen molar-refractivity contribution in [2.24, 2.45) is 35.5 Å². The first-order valence-electron chi connectivity index (χ1n) is 16.3. The number of nitrogens with one attached hydrogen (secondary N) is 1. The highest BCUT2D eigenvalue weighted by molar-refractivity contribution is 7.46. The Bertz CT molecular complexity index is 1120. The van der Waals surface area contributed by atoms with Crippen LogP contribution in [0.4, 0.5) is 0 Å². The molecule has 0 spiro atoms. The number of phosphoric ester groups is 1. The van der Waals surface area contributed by atoms with Gasteiger partial charge in [-0.1, -0.05) is 48.5 Å². The molecule has 0 bridgehead atoms. The summed E-state index contributed by atoms with van der Waals surface area (Å²) in [5.41, 5.74) is 0. The molecule has 0 radical (unpaired) electrons. The number of Topliss-reactive ketones (excluding diaryl/α,β-unsaturated/α-hetero) is 3. The number of carboxylic acids is 1. The van der Waals surface area contributed by atoms with Crippen molar-refractivity contribution in [1.29, 1.82) is 0 Å². The number of carbonyl (C=O) groups is 6. The van der Waals surface area contributed by atoms with Gasteiger partial charge in [0.2, 0.25) is 11.8 Å². The van der Waals surface area contributed by atoms with E-state index in [1.165, 1.54) is 13.8 Å². The first-order valence-corrected chi connectivity index (χ1v) is 17.8. The van der Waals surface area contributed by atoms with Crippen LogP contribution in [0.25, 0.3) is 0 Å². The highest BCUT2D eigenvalue weighted by atomic mass is 31.2. The standard InChI is InChI=1S/C32H55N2O11P/c1-18(2)14-24(15-19(3)4)32(41)34-13-9-10-25(34)26(35)17-23(11-12-28(37)38)31(40)33-29(22(8)45-46(42,43)44)27(36)16-21(7)30(39)20(5)6/h18-25,29H,9-17H2,1-8H3,(H,33,40)(H,37,38)(H2,42,43,44)/t21-,22?,23-,25+,29+/m1/s1. The van der Waals surface area contributed by atoms with Gasteiger partial charge in [0.25, 0.3) is 0 Å². The van der Waals surface area contributed by atoms with Gasteiger partial charge in [0.1, 0.15) is 11.8 Å². The van der Waals surface area contributed by atoms with Gasteiger partial charge in [-0.15, -0.1) is 0 Å². The Labute approximate surface area is 272 Å². The SMILES string of the molecule is CC(C)CC(CC(C)C)C(=O)N1CCC[C@H]1C(=O)C[C@@H](CCC(=O)O)C(=O)N[C@H](C(=O)C[C@@H](C)C(=O)C(C)C)C(C)OP(=O)(O)O. The molecule has 0 aromatic rings. The van der Waals surface area contributed by atoms with Crippen molar-refractivity contribution in [2.75, 3.05) is 6.54 Å². The molecule has 1 aliphatic heterocycles. The second-order valence-corrected chi connectivity index (χ2v) is 15.1. The van der Waals surface area contributed by atoms with Crippen LogP contribution < -0.4 is 5.32 Å². The zero-order valence-corrected chi connectivity index (χ0v) is 29.5. The molecule has 46 heavy (non-hydrogen) atoms. The van der Waals surface area contributed by atoms with Gasteiger partial charge in [-0.2, -0.15) is 0 Å². The van der Waals surface area contributed by atoms with Crippen LogP contribution in [0, 0.1) is 35.5 Å². The number of nitrogens with zero attached hydrogens (tertiary/aromatic N) is 1. The van der Waals surface area contributed by atoms with Gasteiger partial charge >= 0.3 is 13.8 Å². The number of hydrogen-bond donors (Lipinski definition) is 4. The molecule has 2 amide bonds. The molecule has 14 heteroatoms. The minimum atomic E-state index is -5.10. The topological polar surface area (TPSA) is 205 Å². The van der Waals surface area contributed by atoms with Gasteiger partial charge in [0.05, 0.1) is 12.1 Å². The first-order chi connectivity index (χ1) is 21.1. The Morgan fingerprint density at radius 3 is 1.93 bits per heavy atom. The van der Waals surface area contributed by atoms with Crippen molar-refractivity contribution in [3.63, 3.8) is 0 Å². The molecule has 1 rings (SSSR count). The lowest BCUT2D eigenvalue weighted by Gasteiger charge is -2.31. The van der Waals surface area contributed by atoms with Crippen LogP contribution >= 0.6 is 7.82 Å². The van der Waals surface area contributed by atoms with Crippen LogP contribution in [-0.4, -0.2) is 79.7 Å². The van der Waals surface area contributed by atoms with E-state index < -0.39 is 74.1 Å². The molecule has 1 heterocycles. The maximum atomic E-state index is 13.7. The normalized spacial score (nSPS) is 18.1. The number of carbonyl (C=O) groups excluding carboxylic acids is 5. The zero-order valence-electron chi connectivity index (χ0n) is 28.6. The zero-order chi connectivity index (χ0) is 35.5. The molecule has 4 N–H and O–H groups in total. The molecule has 1 fully saturated rings. The molecule has 0 aliphatic carbocycles. The van der Waals surface area contributed by atoms with Crippen molar-refractivity contribution in [3.05, 3.63) is 0 Å². The fourth-order valence-corrected chi connectivity index (χ4v) is 6.70. The number of likely N-dealkylation sites (tertiary alicyclic amines) is 1. The van der Waals surface area contributed by atoms with E-state index in [1.54, 1.807) is 18.7 Å². The van der Waals surface area contributed by atoms with Crippen LogP contribution in [0.5, 0.6) is 0 Å². The lowest BCUT2D eigenvalue weighted by molar-refractivity contribution is -0.143. The molecule has 1 aliphatic rings. The molecule has 5 atom stereocenters. The summed E-state index contributed by atoms with van der Waals surface area (Å²) in [6.45, 7) is 14.6. The van der Waals surface area contributed by atoms with E-state index in [4.69, 9.17) is 4.52 Å². The molecular weight excluding hydrogens is 619 g/mol. The lowest BCUT2D eigenvalue weighted by Crippen LogP contribution is -2.51. The third kappa shape index (κ3) is 14.1. The smallest absolute Gasteiger partial charge is 0.469 e. The number of phosphoric acid groups is 1. The molecular formula is C32H55N2O11P. The second kappa shape index (κ2) is 18.8. The summed E-state index contributed by atoms with van der Waals surface area (Å²) >= 11 is 0. The summed E-state index contributed by atoms with van der Waals surface area (Å²) in [6, 6.07) is -2.37. The van der Waals surface area contributed by atoms with Gasteiger partial charge in [0.15, 0.2) is 11.6 Å². The summed E-state index contributed by atoms with van der Waals surface area (Å²) in [5.74, 6) is -5.57. The van der Waals surface area contributed by atoms with E-state index in [-0.39, 0.29) is 48.2 Å². The number of carboxylic acid groups (broad SMARTS) is 1. The molecule has 264 valence electrons. The maximum Gasteiger partial charge on any atom is 0.469 e. The summed E-state index contributed by atoms with van der Waals surface area (Å²) in [5, 5.41) is 11.8. The van der Waals surface area contributed by atoms with Crippen LogP contribution in [0.2, 0.25) is 0 Å². The molecule has 0 aromatic carbocycles. The summed E-state index contributed by atoms with van der Waals surface area (Å²) < 4.78 is 16.3. The van der Waals surface area contributed by atoms with E-state index in [9.17, 15) is 48.2 Å². The molecule has 1 unspecified atom stereocenters. The Kier molecular flexibility index (Phi) is 16.9. The third-order valence-electron chi connectivity index (χ3n) is 8.27. The fourth-order valence-electron chi connectivity index (χ4n) is 6.14. The van der Waals surface area contributed by atoms with E-state index in [2.05, 4.69) is 5.32 Å². The monoisotopic (exact) mass is 674 g/mol. The Balaban J connectivity index is 3.27. The summed E-state index contributed by atoms with van der Waals surface area (Å²) in [7, 11) is -5.10. The predicted octanol–water partition coefficient (Wildman–Crippen LogP) is 3.93. The third-order valence-corrected chi connectivity index (χ3v) is 8.88. The molecule has 13 nitrogen and oxygen atoms in total. The quantitative estimate of drug-likeness (QED) is 0.128. The van der Waals surface area contributed by atoms with E-state index in [0.717, 1.165) is 0 Å². The van der Waals surface area contributed by atoms with Crippen molar-refractivity contribution in [1.82, 2.24) is 10.2 Å². The fraction of sp³-hybridized carbons (Fsp3) is 0.812. The van der Waals surface area contributed by atoms with E-state index >= 15 is 0 Å². The largest absolute Gasteiger partial charge is 0.481 e. The molecule has 0 saturated carbocycles. The van der Waals surface area contributed by atoms with Gasteiger partial charge in [0, 0.05) is 49.5 Å². The van der Waals surface area contributed by atoms with Crippen molar-refractivity contribution < 1.29 is 52.7 Å². The van der Waals surface area contributed by atoms with Crippen LogP contribution in [0.3, 0.4) is 0 Å². The number of amides is 2. The van der Waals surface area contributed by atoms with Crippen LogP contribution in [0.1, 0.15) is 107 Å². The van der Waals surface area contributed by atoms with Crippen LogP contribution in [-0.2, 0) is 37.9 Å². The van der Waals surface area contributed by atoms with Gasteiger partial charge in [-0.25, -0.2) is 4.57 Å². The predicted molar refractivity (Wildman–Crippen MR) is 170 cm³/mol. The molecule has 1 saturated heterocycles. The minimum Gasteiger partial charge on any atom is -0.481 e. The van der Waals surface area contributed by atoms with Crippen molar-refractivity contribution in [2.45, 2.75) is 125 Å². The Morgan fingerprint density at radius 2 is 1.46 bits per heavy atom. The average molecular weight is 675 g/mol. The number of hydrogen-bond acceptors (Lipinski definition) is 8. The minimum absolute atomic E-state index is 0.107. The first kappa shape index (κ1) is 41.6. The summed E-state index contributed by atoms with van der Waals surface area (Å²) in [4.78, 5) is 98.3. The van der Waals surface area contributed by atoms with E-state index in [1.807, 2.05) is 27.7 Å². The van der Waals surface area contributed by atoms with Gasteiger partial charge < -0.3 is 25.1 Å². The second-order valence-electron chi connectivity index (χ2n) is 13.9. The number of rotatable bonds is 21. The van der Waals surface area contributed by atoms with Crippen molar-refractivity contribution >= 4 is 43.0 Å². The van der Waals surface area contributed by atoms with Gasteiger partial charge in [-0.05, 0) is 50.9 Å².